The number of anilines is 1. The molecule has 0 radical (unpaired) electrons. The Kier molecular flexibility index (Phi) is 6.90. The molecule has 0 bridgehead atoms. The monoisotopic (exact) mass is 436 g/mol. The first kappa shape index (κ1) is 20.9. The number of halogens is 2. The van der Waals surface area contributed by atoms with E-state index in [4.69, 9.17) is 21.1 Å². The van der Waals surface area contributed by atoms with Crippen molar-refractivity contribution in [3.05, 3.63) is 83.4 Å². The third-order valence-corrected chi connectivity index (χ3v) is 5.29. The minimum Gasteiger partial charge on any atom is -0.492 e. The summed E-state index contributed by atoms with van der Waals surface area (Å²) in [4.78, 5) is 4.15. The first-order chi connectivity index (χ1) is 13.9. The Bertz CT molecular complexity index is 1050. The van der Waals surface area contributed by atoms with Gasteiger partial charge in [-0.2, -0.15) is 0 Å². The van der Waals surface area contributed by atoms with E-state index in [1.165, 1.54) is 30.3 Å². The van der Waals surface area contributed by atoms with Crippen LogP contribution in [-0.2, 0) is 16.6 Å². The standard InChI is InChI=1S/C20H18ClFN2O4S/c21-19-13-16(6-9-20(19)28-14-17-3-1-2-10-23-17)24-29(25,26)12-11-27-18-7-4-15(22)5-8-18/h1-10,13,24H,11-12,14H2. The lowest BCUT2D eigenvalue weighted by atomic mass is 10.3. The molecule has 0 saturated heterocycles. The van der Waals surface area contributed by atoms with Crippen molar-refractivity contribution in [1.29, 1.82) is 0 Å². The van der Waals surface area contributed by atoms with Crippen LogP contribution < -0.4 is 14.2 Å². The molecule has 1 heterocycles. The van der Waals surface area contributed by atoms with Crippen LogP contribution in [-0.4, -0.2) is 25.8 Å². The average Bonchev–Trinajstić information content (AvgIpc) is 2.69. The summed E-state index contributed by atoms with van der Waals surface area (Å²) in [6.07, 6.45) is 1.66. The number of ether oxygens (including phenoxy) is 2. The maximum atomic E-state index is 12.9. The largest absolute Gasteiger partial charge is 0.492 e. The SMILES string of the molecule is O=S(=O)(CCOc1ccc(F)cc1)Nc1ccc(OCc2ccccn2)c(Cl)c1. The predicted molar refractivity (Wildman–Crippen MR) is 109 cm³/mol. The summed E-state index contributed by atoms with van der Waals surface area (Å²) in [6, 6.07) is 15.4. The smallest absolute Gasteiger partial charge is 0.236 e. The Morgan fingerprint density at radius 1 is 1.03 bits per heavy atom. The summed E-state index contributed by atoms with van der Waals surface area (Å²) < 4.78 is 50.6. The molecule has 0 aliphatic carbocycles. The second-order valence-electron chi connectivity index (χ2n) is 5.98. The van der Waals surface area contributed by atoms with Crippen molar-refractivity contribution >= 4 is 27.3 Å². The molecule has 0 aliphatic rings. The number of rotatable bonds is 9. The molecule has 0 unspecified atom stereocenters. The molecule has 3 rings (SSSR count). The Morgan fingerprint density at radius 3 is 2.52 bits per heavy atom. The normalized spacial score (nSPS) is 11.1. The number of pyridine rings is 1. The van der Waals surface area contributed by atoms with E-state index in [0.29, 0.717) is 17.2 Å². The molecule has 0 atom stereocenters. The number of aromatic nitrogens is 1. The molecule has 0 amide bonds. The lowest BCUT2D eigenvalue weighted by Gasteiger charge is -2.12. The molecule has 0 spiro atoms. The van der Waals surface area contributed by atoms with Gasteiger partial charge in [0.25, 0.3) is 0 Å². The van der Waals surface area contributed by atoms with E-state index in [0.717, 1.165) is 5.69 Å². The fourth-order valence-electron chi connectivity index (χ4n) is 2.35. The van der Waals surface area contributed by atoms with E-state index in [-0.39, 0.29) is 24.0 Å². The predicted octanol–water partition coefficient (Wildman–Crippen LogP) is 4.27. The van der Waals surface area contributed by atoms with E-state index in [2.05, 4.69) is 9.71 Å². The van der Waals surface area contributed by atoms with E-state index in [1.54, 1.807) is 18.3 Å². The Hall–Kier alpha value is -2.84. The van der Waals surface area contributed by atoms with E-state index < -0.39 is 15.8 Å². The number of nitrogens with zero attached hydrogens (tertiary/aromatic N) is 1. The van der Waals surface area contributed by atoms with Crippen molar-refractivity contribution in [3.63, 3.8) is 0 Å². The van der Waals surface area contributed by atoms with Crippen LogP contribution in [0.25, 0.3) is 0 Å². The zero-order valence-corrected chi connectivity index (χ0v) is 16.8. The maximum Gasteiger partial charge on any atom is 0.236 e. The Morgan fingerprint density at radius 2 is 1.83 bits per heavy atom. The first-order valence-corrected chi connectivity index (χ1v) is 10.7. The van der Waals surface area contributed by atoms with Gasteiger partial charge in [-0.1, -0.05) is 17.7 Å². The van der Waals surface area contributed by atoms with Crippen LogP contribution in [0, 0.1) is 5.82 Å². The van der Waals surface area contributed by atoms with E-state index in [9.17, 15) is 12.8 Å². The molecule has 1 aromatic heterocycles. The van der Waals surface area contributed by atoms with E-state index in [1.807, 2.05) is 18.2 Å². The third-order valence-electron chi connectivity index (χ3n) is 3.74. The van der Waals surface area contributed by atoms with Crippen molar-refractivity contribution < 1.29 is 22.3 Å². The first-order valence-electron chi connectivity index (χ1n) is 8.62. The van der Waals surface area contributed by atoms with Crippen molar-refractivity contribution in [2.75, 3.05) is 17.1 Å². The highest BCUT2D eigenvalue weighted by molar-refractivity contribution is 7.92. The average molecular weight is 437 g/mol. The molecule has 3 aromatic rings. The molecule has 29 heavy (non-hydrogen) atoms. The van der Waals surface area contributed by atoms with Gasteiger partial charge in [0.05, 0.1) is 16.4 Å². The summed E-state index contributed by atoms with van der Waals surface area (Å²) in [5, 5.41) is 0.267. The van der Waals surface area contributed by atoms with Crippen LogP contribution >= 0.6 is 11.6 Å². The van der Waals surface area contributed by atoms with Gasteiger partial charge in [0.15, 0.2) is 0 Å². The minimum atomic E-state index is -3.66. The molecule has 0 aliphatic heterocycles. The van der Waals surface area contributed by atoms with Gasteiger partial charge < -0.3 is 9.47 Å². The van der Waals surface area contributed by atoms with Crippen molar-refractivity contribution in [1.82, 2.24) is 4.98 Å². The Balaban J connectivity index is 1.53. The summed E-state index contributed by atoms with van der Waals surface area (Å²) >= 11 is 6.19. The number of benzene rings is 2. The quantitative estimate of drug-likeness (QED) is 0.542. The summed E-state index contributed by atoms with van der Waals surface area (Å²) in [5.41, 5.74) is 1.05. The fraction of sp³-hybridized carbons (Fsp3) is 0.150. The molecule has 152 valence electrons. The van der Waals surface area contributed by atoms with Crippen LogP contribution in [0.15, 0.2) is 66.9 Å². The zero-order valence-electron chi connectivity index (χ0n) is 15.2. The van der Waals surface area contributed by atoms with Crippen molar-refractivity contribution in [2.24, 2.45) is 0 Å². The molecule has 0 fully saturated rings. The van der Waals surface area contributed by atoms with Crippen LogP contribution in [0.5, 0.6) is 11.5 Å². The third kappa shape index (κ3) is 6.62. The Labute approximate surface area is 173 Å². The van der Waals surface area contributed by atoms with Crippen molar-refractivity contribution in [3.8, 4) is 11.5 Å². The molecule has 1 N–H and O–H groups in total. The number of hydrogen-bond donors (Lipinski definition) is 1. The molecule has 0 saturated carbocycles. The fourth-order valence-corrected chi connectivity index (χ4v) is 3.47. The van der Waals surface area contributed by atoms with Gasteiger partial charge in [-0.3, -0.25) is 9.71 Å². The van der Waals surface area contributed by atoms with Gasteiger partial charge in [0.2, 0.25) is 10.0 Å². The molecular formula is C20H18ClFN2O4S. The van der Waals surface area contributed by atoms with Gasteiger partial charge >= 0.3 is 0 Å². The van der Waals surface area contributed by atoms with Gasteiger partial charge in [-0.15, -0.1) is 0 Å². The summed E-state index contributed by atoms with van der Waals surface area (Å²) in [7, 11) is -3.66. The highest BCUT2D eigenvalue weighted by Crippen LogP contribution is 2.28. The minimum absolute atomic E-state index is 0.0834. The number of hydrogen-bond acceptors (Lipinski definition) is 5. The molecule has 9 heteroatoms. The molecule has 6 nitrogen and oxygen atoms in total. The van der Waals surface area contributed by atoms with Crippen LogP contribution in [0.1, 0.15) is 5.69 Å². The van der Waals surface area contributed by atoms with Crippen LogP contribution in [0.3, 0.4) is 0 Å². The maximum absolute atomic E-state index is 12.9. The second-order valence-corrected chi connectivity index (χ2v) is 8.23. The second kappa shape index (κ2) is 9.58. The highest BCUT2D eigenvalue weighted by atomic mass is 35.5. The van der Waals surface area contributed by atoms with E-state index >= 15 is 0 Å². The van der Waals surface area contributed by atoms with Gasteiger partial charge in [-0.25, -0.2) is 12.8 Å². The summed E-state index contributed by atoms with van der Waals surface area (Å²) in [6.45, 7) is 0.159. The zero-order chi connectivity index (χ0) is 20.7. The lowest BCUT2D eigenvalue weighted by molar-refractivity contribution is 0.301. The highest BCUT2D eigenvalue weighted by Gasteiger charge is 2.13. The summed E-state index contributed by atoms with van der Waals surface area (Å²) in [5.74, 6) is 0.134. The van der Waals surface area contributed by atoms with Crippen LogP contribution in [0.2, 0.25) is 5.02 Å². The number of nitrogens with one attached hydrogen (secondary N) is 1. The van der Waals surface area contributed by atoms with Crippen molar-refractivity contribution in [2.45, 2.75) is 6.61 Å². The van der Waals surface area contributed by atoms with Gasteiger partial charge in [-0.05, 0) is 54.6 Å². The van der Waals surface area contributed by atoms with Gasteiger partial charge in [0.1, 0.15) is 36.3 Å². The van der Waals surface area contributed by atoms with Crippen LogP contribution in [0.4, 0.5) is 10.1 Å². The van der Waals surface area contributed by atoms with Gasteiger partial charge in [0, 0.05) is 6.20 Å². The lowest BCUT2D eigenvalue weighted by Crippen LogP contribution is -2.21. The molecule has 2 aromatic carbocycles. The molecular weight excluding hydrogens is 419 g/mol. The topological polar surface area (TPSA) is 77.5 Å². The number of sulfonamides is 1.